The average molecular weight is 237 g/mol. The number of phenols is 1. The van der Waals surface area contributed by atoms with Crippen LogP contribution in [-0.2, 0) is 11.3 Å². The van der Waals surface area contributed by atoms with Crippen molar-refractivity contribution in [2.75, 3.05) is 20.0 Å². The van der Waals surface area contributed by atoms with Crippen molar-refractivity contribution in [1.82, 2.24) is 5.32 Å². The van der Waals surface area contributed by atoms with E-state index in [2.05, 4.69) is 5.32 Å². The molecule has 1 unspecified atom stereocenters. The molecule has 3 rings (SSSR count). The first-order valence-corrected chi connectivity index (χ1v) is 5.75. The Morgan fingerprint density at radius 3 is 2.88 bits per heavy atom. The Labute approximate surface area is 99.3 Å². The fourth-order valence-electron chi connectivity index (χ4n) is 2.06. The molecule has 0 amide bonds. The second-order valence-corrected chi connectivity index (χ2v) is 4.28. The lowest BCUT2D eigenvalue weighted by atomic mass is 10.1. The highest BCUT2D eigenvalue weighted by atomic mass is 16.7. The molecule has 1 fully saturated rings. The second-order valence-electron chi connectivity index (χ2n) is 4.28. The fraction of sp³-hybridized carbons (Fsp3) is 0.500. The minimum absolute atomic E-state index is 0.224. The van der Waals surface area contributed by atoms with Gasteiger partial charge in [0.2, 0.25) is 6.79 Å². The Bertz CT molecular complexity index is 415. The summed E-state index contributed by atoms with van der Waals surface area (Å²) in [6.45, 7) is 2.38. The molecule has 5 nitrogen and oxygen atoms in total. The summed E-state index contributed by atoms with van der Waals surface area (Å²) < 4.78 is 15.7. The monoisotopic (exact) mass is 237 g/mol. The van der Waals surface area contributed by atoms with Crippen LogP contribution in [-0.4, -0.2) is 31.2 Å². The summed E-state index contributed by atoms with van der Waals surface area (Å²) in [6.07, 6.45) is 1.02. The number of aromatic hydroxyl groups is 1. The van der Waals surface area contributed by atoms with E-state index < -0.39 is 0 Å². The van der Waals surface area contributed by atoms with Crippen molar-refractivity contribution >= 4 is 0 Å². The van der Waals surface area contributed by atoms with Crippen LogP contribution < -0.4 is 14.8 Å². The van der Waals surface area contributed by atoms with Crippen molar-refractivity contribution < 1.29 is 19.3 Å². The van der Waals surface area contributed by atoms with E-state index in [9.17, 15) is 5.11 Å². The van der Waals surface area contributed by atoms with Crippen LogP contribution >= 0.6 is 0 Å². The van der Waals surface area contributed by atoms with Gasteiger partial charge in [-0.3, -0.25) is 0 Å². The molecule has 0 spiro atoms. The number of benzene rings is 1. The zero-order valence-corrected chi connectivity index (χ0v) is 9.44. The first kappa shape index (κ1) is 10.7. The number of ether oxygens (including phenoxy) is 3. The normalized spacial score (nSPS) is 22.0. The van der Waals surface area contributed by atoms with Gasteiger partial charge in [0.15, 0.2) is 11.5 Å². The third-order valence-electron chi connectivity index (χ3n) is 3.08. The lowest BCUT2D eigenvalue weighted by Gasteiger charge is -2.12. The highest BCUT2D eigenvalue weighted by Gasteiger charge is 2.19. The van der Waals surface area contributed by atoms with Crippen LogP contribution in [0.15, 0.2) is 12.1 Å². The number of fused-ring (bicyclic) bond motifs is 1. The number of hydrogen-bond donors (Lipinski definition) is 2. The summed E-state index contributed by atoms with van der Waals surface area (Å²) in [6, 6.07) is 3.80. The Hall–Kier alpha value is -1.46. The molecule has 92 valence electrons. The van der Waals surface area contributed by atoms with Gasteiger partial charge in [0.1, 0.15) is 5.75 Å². The molecule has 5 heteroatoms. The van der Waals surface area contributed by atoms with E-state index in [-0.39, 0.29) is 12.5 Å². The van der Waals surface area contributed by atoms with Gasteiger partial charge in [-0.25, -0.2) is 0 Å². The molecule has 17 heavy (non-hydrogen) atoms. The summed E-state index contributed by atoms with van der Waals surface area (Å²) in [5.74, 6) is 1.54. The van der Waals surface area contributed by atoms with Crippen LogP contribution in [0.4, 0.5) is 0 Å². The predicted molar refractivity (Wildman–Crippen MR) is 60.3 cm³/mol. The Morgan fingerprint density at radius 2 is 2.12 bits per heavy atom. The standard InChI is InChI=1S/C12H15NO4/c14-10-4-12-11(16-7-17-12)3-8(10)5-13-9-1-2-15-6-9/h3-4,9,13-14H,1-2,5-7H2. The van der Waals surface area contributed by atoms with Gasteiger partial charge in [0.05, 0.1) is 6.61 Å². The first-order chi connectivity index (χ1) is 8.33. The van der Waals surface area contributed by atoms with Crippen molar-refractivity contribution in [3.63, 3.8) is 0 Å². The molecule has 0 bridgehead atoms. The van der Waals surface area contributed by atoms with Gasteiger partial charge in [-0.05, 0) is 12.5 Å². The van der Waals surface area contributed by atoms with Crippen molar-refractivity contribution in [3.8, 4) is 17.2 Å². The van der Waals surface area contributed by atoms with E-state index in [4.69, 9.17) is 14.2 Å². The van der Waals surface area contributed by atoms with Gasteiger partial charge in [-0.2, -0.15) is 0 Å². The smallest absolute Gasteiger partial charge is 0.231 e. The summed E-state index contributed by atoms with van der Waals surface area (Å²) in [4.78, 5) is 0. The highest BCUT2D eigenvalue weighted by molar-refractivity contribution is 5.51. The van der Waals surface area contributed by atoms with Gasteiger partial charge in [-0.1, -0.05) is 0 Å². The lowest BCUT2D eigenvalue weighted by Crippen LogP contribution is -2.28. The minimum atomic E-state index is 0.224. The molecule has 2 heterocycles. The zero-order chi connectivity index (χ0) is 11.7. The van der Waals surface area contributed by atoms with E-state index in [0.717, 1.165) is 25.2 Å². The third kappa shape index (κ3) is 2.16. The van der Waals surface area contributed by atoms with Crippen molar-refractivity contribution in [2.24, 2.45) is 0 Å². The maximum Gasteiger partial charge on any atom is 0.231 e. The third-order valence-corrected chi connectivity index (χ3v) is 3.08. The summed E-state index contributed by atoms with van der Waals surface area (Å²) in [5.41, 5.74) is 0.821. The average Bonchev–Trinajstić information content (AvgIpc) is 2.95. The van der Waals surface area contributed by atoms with Crippen LogP contribution in [0.5, 0.6) is 17.2 Å². The maximum absolute atomic E-state index is 9.84. The van der Waals surface area contributed by atoms with Gasteiger partial charge < -0.3 is 24.6 Å². The number of hydrogen-bond acceptors (Lipinski definition) is 5. The largest absolute Gasteiger partial charge is 0.507 e. The van der Waals surface area contributed by atoms with Crippen LogP contribution in [0.1, 0.15) is 12.0 Å². The van der Waals surface area contributed by atoms with E-state index >= 15 is 0 Å². The molecule has 0 saturated carbocycles. The zero-order valence-electron chi connectivity index (χ0n) is 9.44. The summed E-state index contributed by atoms with van der Waals surface area (Å²) in [7, 11) is 0. The topological polar surface area (TPSA) is 60.0 Å². The molecule has 2 aliphatic rings. The Kier molecular flexibility index (Phi) is 2.78. The molecule has 0 aliphatic carbocycles. The molecule has 0 aromatic heterocycles. The van der Waals surface area contributed by atoms with Gasteiger partial charge >= 0.3 is 0 Å². The van der Waals surface area contributed by atoms with Crippen molar-refractivity contribution in [3.05, 3.63) is 17.7 Å². The maximum atomic E-state index is 9.84. The Balaban J connectivity index is 1.69. The minimum Gasteiger partial charge on any atom is -0.507 e. The quantitative estimate of drug-likeness (QED) is 0.821. The van der Waals surface area contributed by atoms with E-state index in [1.165, 1.54) is 0 Å². The van der Waals surface area contributed by atoms with E-state index in [0.29, 0.717) is 24.1 Å². The second kappa shape index (κ2) is 4.43. The number of phenolic OH excluding ortho intramolecular Hbond substituents is 1. The SMILES string of the molecule is Oc1cc2c(cc1CNC1CCOC1)OCO2. The lowest BCUT2D eigenvalue weighted by molar-refractivity contribution is 0.174. The molecule has 0 radical (unpaired) electrons. The summed E-state index contributed by atoms with van der Waals surface area (Å²) in [5, 5.41) is 13.2. The molecule has 1 aromatic rings. The molecule has 1 saturated heterocycles. The molecule has 2 aliphatic heterocycles. The van der Waals surface area contributed by atoms with E-state index in [1.807, 2.05) is 6.07 Å². The van der Waals surface area contributed by atoms with Gasteiger partial charge in [-0.15, -0.1) is 0 Å². The van der Waals surface area contributed by atoms with Crippen molar-refractivity contribution in [2.45, 2.75) is 19.0 Å². The number of nitrogens with one attached hydrogen (secondary N) is 1. The first-order valence-electron chi connectivity index (χ1n) is 5.75. The van der Waals surface area contributed by atoms with Gasteiger partial charge in [0.25, 0.3) is 0 Å². The number of rotatable bonds is 3. The predicted octanol–water partition coefficient (Wildman–Crippen LogP) is 0.999. The van der Waals surface area contributed by atoms with Crippen LogP contribution in [0.2, 0.25) is 0 Å². The van der Waals surface area contributed by atoms with Crippen molar-refractivity contribution in [1.29, 1.82) is 0 Å². The molecular formula is C12H15NO4. The fourth-order valence-corrected chi connectivity index (χ4v) is 2.06. The summed E-state index contributed by atoms with van der Waals surface area (Å²) >= 11 is 0. The molecule has 1 atom stereocenters. The highest BCUT2D eigenvalue weighted by Crippen LogP contribution is 2.37. The molecule has 1 aromatic carbocycles. The van der Waals surface area contributed by atoms with Crippen LogP contribution in [0, 0.1) is 0 Å². The van der Waals surface area contributed by atoms with Crippen LogP contribution in [0.3, 0.4) is 0 Å². The molecular weight excluding hydrogens is 222 g/mol. The van der Waals surface area contributed by atoms with E-state index in [1.54, 1.807) is 6.07 Å². The Morgan fingerprint density at radius 1 is 1.29 bits per heavy atom. The molecule has 2 N–H and O–H groups in total. The van der Waals surface area contributed by atoms with Gasteiger partial charge in [0, 0.05) is 30.8 Å². The van der Waals surface area contributed by atoms with Crippen LogP contribution in [0.25, 0.3) is 0 Å².